The zero-order valence-corrected chi connectivity index (χ0v) is 20.4. The molecule has 0 saturated carbocycles. The van der Waals surface area contributed by atoms with E-state index in [4.69, 9.17) is 14.5 Å². The lowest BCUT2D eigenvalue weighted by Crippen LogP contribution is -2.40. The van der Waals surface area contributed by atoms with Gasteiger partial charge in [0.25, 0.3) is 5.56 Å². The molecule has 6 heteroatoms. The number of nitrogens with zero attached hydrogens (tertiary/aromatic N) is 3. The summed E-state index contributed by atoms with van der Waals surface area (Å²) in [4.78, 5) is 21.3. The standard InChI is InChI=1S/C30H29N3O3/c1-21-31-26-14-15-32(19-22-12-13-27-28(18-22)36-17-16-35-27)20-25(26)30(34)33(21)29(23-8-4-2-5-9-23)24-10-6-3-7-11-24/h2-13,18,29H,14-17,19-20H2,1H3. The van der Waals surface area contributed by atoms with E-state index in [1.165, 1.54) is 0 Å². The van der Waals surface area contributed by atoms with E-state index in [9.17, 15) is 4.79 Å². The van der Waals surface area contributed by atoms with Gasteiger partial charge in [0.05, 0.1) is 17.3 Å². The minimum absolute atomic E-state index is 0.0436. The van der Waals surface area contributed by atoms with Gasteiger partial charge in [0.2, 0.25) is 0 Å². The highest BCUT2D eigenvalue weighted by Crippen LogP contribution is 2.32. The van der Waals surface area contributed by atoms with E-state index in [2.05, 4.69) is 41.3 Å². The molecule has 0 amide bonds. The highest BCUT2D eigenvalue weighted by Gasteiger charge is 2.27. The Bertz CT molecular complexity index is 1390. The molecule has 0 spiro atoms. The van der Waals surface area contributed by atoms with Crippen LogP contribution in [0.15, 0.2) is 83.7 Å². The van der Waals surface area contributed by atoms with Crippen LogP contribution in [0.25, 0.3) is 0 Å². The Morgan fingerprint density at radius 3 is 2.25 bits per heavy atom. The van der Waals surface area contributed by atoms with E-state index in [1.807, 2.05) is 54.0 Å². The summed E-state index contributed by atoms with van der Waals surface area (Å²) in [5, 5.41) is 0. The van der Waals surface area contributed by atoms with Crippen LogP contribution < -0.4 is 15.0 Å². The molecule has 1 aromatic heterocycles. The maximum absolute atomic E-state index is 14.1. The number of ether oxygens (including phenoxy) is 2. The first kappa shape index (κ1) is 22.6. The molecule has 2 aliphatic heterocycles. The molecule has 0 saturated heterocycles. The molecule has 3 aromatic carbocycles. The lowest BCUT2D eigenvalue weighted by Gasteiger charge is -2.30. The number of benzene rings is 3. The van der Waals surface area contributed by atoms with E-state index in [0.29, 0.717) is 19.8 Å². The van der Waals surface area contributed by atoms with Gasteiger partial charge in [-0.05, 0) is 35.7 Å². The summed E-state index contributed by atoms with van der Waals surface area (Å²) in [6.07, 6.45) is 0.762. The van der Waals surface area contributed by atoms with E-state index in [0.717, 1.165) is 64.8 Å². The van der Waals surface area contributed by atoms with Gasteiger partial charge in [-0.2, -0.15) is 0 Å². The Balaban J connectivity index is 1.35. The third-order valence-electron chi connectivity index (χ3n) is 7.02. The highest BCUT2D eigenvalue weighted by molar-refractivity contribution is 5.44. The van der Waals surface area contributed by atoms with Gasteiger partial charge in [-0.25, -0.2) is 4.98 Å². The maximum Gasteiger partial charge on any atom is 0.259 e. The SMILES string of the molecule is Cc1nc2c(c(=O)n1C(c1ccccc1)c1ccccc1)CN(Cc1ccc3c(c1)OCCO3)CC2. The van der Waals surface area contributed by atoms with Crippen molar-refractivity contribution in [3.05, 3.63) is 123 Å². The lowest BCUT2D eigenvalue weighted by atomic mass is 9.97. The summed E-state index contributed by atoms with van der Waals surface area (Å²) in [6, 6.07) is 26.3. The normalized spacial score (nSPS) is 15.1. The molecule has 0 bridgehead atoms. The van der Waals surface area contributed by atoms with E-state index < -0.39 is 0 Å². The van der Waals surface area contributed by atoms with Crippen molar-refractivity contribution in [2.45, 2.75) is 32.5 Å². The number of fused-ring (bicyclic) bond motifs is 2. The Morgan fingerprint density at radius 2 is 1.56 bits per heavy atom. The predicted molar refractivity (Wildman–Crippen MR) is 139 cm³/mol. The molecule has 6 rings (SSSR count). The molecule has 0 aliphatic carbocycles. The zero-order valence-electron chi connectivity index (χ0n) is 20.4. The van der Waals surface area contributed by atoms with Crippen LogP contribution in [0.1, 0.15) is 39.8 Å². The Kier molecular flexibility index (Phi) is 6.03. The van der Waals surface area contributed by atoms with Gasteiger partial charge in [0, 0.05) is 26.1 Å². The van der Waals surface area contributed by atoms with Crippen molar-refractivity contribution in [2.24, 2.45) is 0 Å². The maximum atomic E-state index is 14.1. The second-order valence-corrected chi connectivity index (χ2v) is 9.42. The molecular weight excluding hydrogens is 450 g/mol. The van der Waals surface area contributed by atoms with Crippen molar-refractivity contribution in [3.8, 4) is 11.5 Å². The summed E-state index contributed by atoms with van der Waals surface area (Å²) in [5.74, 6) is 2.34. The minimum Gasteiger partial charge on any atom is -0.486 e. The molecule has 0 radical (unpaired) electrons. The highest BCUT2D eigenvalue weighted by atomic mass is 16.6. The van der Waals surface area contributed by atoms with Crippen molar-refractivity contribution in [1.29, 1.82) is 0 Å². The van der Waals surface area contributed by atoms with Crippen LogP contribution in [-0.4, -0.2) is 34.2 Å². The number of aryl methyl sites for hydroxylation is 1. The Morgan fingerprint density at radius 1 is 0.889 bits per heavy atom. The van der Waals surface area contributed by atoms with Gasteiger partial charge in [0.1, 0.15) is 19.0 Å². The molecular formula is C30H29N3O3. The third kappa shape index (κ3) is 4.29. The third-order valence-corrected chi connectivity index (χ3v) is 7.02. The van der Waals surface area contributed by atoms with Crippen molar-refractivity contribution >= 4 is 0 Å². The largest absolute Gasteiger partial charge is 0.486 e. The fourth-order valence-corrected chi connectivity index (χ4v) is 5.31. The fourth-order valence-electron chi connectivity index (χ4n) is 5.31. The number of rotatable bonds is 5. The topological polar surface area (TPSA) is 56.6 Å². The summed E-state index contributed by atoms with van der Waals surface area (Å²) in [5.41, 5.74) is 5.05. The Hall–Kier alpha value is -3.90. The molecule has 0 fully saturated rings. The molecule has 0 N–H and O–H groups in total. The van der Waals surface area contributed by atoms with Crippen molar-refractivity contribution < 1.29 is 9.47 Å². The van der Waals surface area contributed by atoms with E-state index in [-0.39, 0.29) is 11.6 Å². The first-order valence-electron chi connectivity index (χ1n) is 12.5. The molecule has 3 heterocycles. The van der Waals surface area contributed by atoms with Crippen LogP contribution in [-0.2, 0) is 19.5 Å². The van der Waals surface area contributed by atoms with Gasteiger partial charge in [0.15, 0.2) is 11.5 Å². The zero-order chi connectivity index (χ0) is 24.5. The smallest absolute Gasteiger partial charge is 0.259 e. The quantitative estimate of drug-likeness (QED) is 0.421. The molecule has 6 nitrogen and oxygen atoms in total. The molecule has 0 atom stereocenters. The number of hydrogen-bond donors (Lipinski definition) is 0. The second kappa shape index (κ2) is 9.63. The average Bonchev–Trinajstić information content (AvgIpc) is 2.92. The summed E-state index contributed by atoms with van der Waals surface area (Å²) < 4.78 is 13.3. The van der Waals surface area contributed by atoms with E-state index in [1.54, 1.807) is 0 Å². The summed E-state index contributed by atoms with van der Waals surface area (Å²) in [7, 11) is 0. The van der Waals surface area contributed by atoms with Gasteiger partial charge < -0.3 is 9.47 Å². The molecule has 0 unspecified atom stereocenters. The molecule has 36 heavy (non-hydrogen) atoms. The van der Waals surface area contributed by atoms with Crippen LogP contribution in [0, 0.1) is 6.92 Å². The van der Waals surface area contributed by atoms with Gasteiger partial charge in [-0.1, -0.05) is 66.7 Å². The van der Waals surface area contributed by atoms with Crippen LogP contribution in [0.4, 0.5) is 0 Å². The van der Waals surface area contributed by atoms with Gasteiger partial charge in [-0.3, -0.25) is 14.3 Å². The van der Waals surface area contributed by atoms with E-state index >= 15 is 0 Å². The monoisotopic (exact) mass is 479 g/mol. The first-order valence-corrected chi connectivity index (χ1v) is 12.5. The predicted octanol–water partition coefficient (Wildman–Crippen LogP) is 4.52. The number of aromatic nitrogens is 2. The minimum atomic E-state index is -0.231. The molecule has 4 aromatic rings. The van der Waals surface area contributed by atoms with Gasteiger partial charge >= 0.3 is 0 Å². The van der Waals surface area contributed by atoms with Crippen molar-refractivity contribution in [2.75, 3.05) is 19.8 Å². The second-order valence-electron chi connectivity index (χ2n) is 9.42. The molecule has 182 valence electrons. The summed E-state index contributed by atoms with van der Waals surface area (Å²) >= 11 is 0. The summed E-state index contributed by atoms with van der Waals surface area (Å²) in [6.45, 7) is 5.28. The fraction of sp³-hybridized carbons (Fsp3) is 0.267. The lowest BCUT2D eigenvalue weighted by molar-refractivity contribution is 0.171. The first-order chi connectivity index (χ1) is 17.7. The van der Waals surface area contributed by atoms with Crippen LogP contribution in [0.3, 0.4) is 0 Å². The van der Waals surface area contributed by atoms with Crippen molar-refractivity contribution in [3.63, 3.8) is 0 Å². The van der Waals surface area contributed by atoms with Crippen molar-refractivity contribution in [1.82, 2.24) is 14.5 Å². The number of hydrogen-bond acceptors (Lipinski definition) is 5. The van der Waals surface area contributed by atoms with Gasteiger partial charge in [-0.15, -0.1) is 0 Å². The average molecular weight is 480 g/mol. The molecule has 2 aliphatic rings. The van der Waals surface area contributed by atoms with Crippen LogP contribution in [0.5, 0.6) is 11.5 Å². The van der Waals surface area contributed by atoms with Crippen LogP contribution in [0.2, 0.25) is 0 Å². The van der Waals surface area contributed by atoms with Crippen LogP contribution >= 0.6 is 0 Å². The Labute approximate surface area is 210 Å².